The van der Waals surface area contributed by atoms with Gasteiger partial charge in [0, 0.05) is 18.1 Å². The largest absolute Gasteiger partial charge is 0.309 e. The summed E-state index contributed by atoms with van der Waals surface area (Å²) in [6.45, 7) is 1.86. The van der Waals surface area contributed by atoms with Crippen LogP contribution in [-0.4, -0.2) is 50.7 Å². The van der Waals surface area contributed by atoms with E-state index in [2.05, 4.69) is 39.5 Å². The van der Waals surface area contributed by atoms with Gasteiger partial charge < -0.3 is 4.90 Å². The number of hydrogen-bond acceptors (Lipinski definition) is 7. The summed E-state index contributed by atoms with van der Waals surface area (Å²) in [7, 11) is 4.12. The van der Waals surface area contributed by atoms with Gasteiger partial charge in [-0.2, -0.15) is 0 Å². The fourth-order valence-electron chi connectivity index (χ4n) is 1.29. The van der Waals surface area contributed by atoms with Gasteiger partial charge >= 0.3 is 0 Å². The van der Waals surface area contributed by atoms with Crippen LogP contribution in [0.1, 0.15) is 6.42 Å². The Bertz CT molecular complexity index is 438. The molecule has 8 heteroatoms. The van der Waals surface area contributed by atoms with Gasteiger partial charge in [0.05, 0.1) is 0 Å². The van der Waals surface area contributed by atoms with E-state index in [-0.39, 0.29) is 0 Å². The second-order valence-corrected chi connectivity index (χ2v) is 5.85. The minimum absolute atomic E-state index is 0.804. The van der Waals surface area contributed by atoms with Crippen molar-refractivity contribution in [2.24, 2.45) is 0 Å². The molecule has 0 fully saturated rings. The van der Waals surface area contributed by atoms with Gasteiger partial charge in [-0.3, -0.25) is 0 Å². The quantitative estimate of drug-likeness (QED) is 0.787. The summed E-state index contributed by atoms with van der Waals surface area (Å²) in [5.74, 6) is 0. The Morgan fingerprint density at radius 2 is 2.35 bits per heavy atom. The highest BCUT2D eigenvalue weighted by Gasteiger charge is 2.09. The highest BCUT2D eigenvalue weighted by molar-refractivity contribution is 8.00. The summed E-state index contributed by atoms with van der Waals surface area (Å²) in [5.41, 5.74) is 0. The number of thiazole rings is 1. The fraction of sp³-hybridized carbons (Fsp3) is 0.556. The second-order valence-electron chi connectivity index (χ2n) is 3.74. The van der Waals surface area contributed by atoms with Gasteiger partial charge in [-0.25, -0.2) is 9.67 Å². The van der Waals surface area contributed by atoms with Gasteiger partial charge in [0.25, 0.3) is 0 Å². The van der Waals surface area contributed by atoms with Gasteiger partial charge in [-0.05, 0) is 49.2 Å². The van der Waals surface area contributed by atoms with Crippen molar-refractivity contribution < 1.29 is 0 Å². The maximum atomic E-state index is 4.21. The highest BCUT2D eigenvalue weighted by Crippen LogP contribution is 2.26. The molecular formula is C9H14N6S2. The van der Waals surface area contributed by atoms with Gasteiger partial charge in [-0.15, -0.1) is 16.4 Å². The van der Waals surface area contributed by atoms with Crippen molar-refractivity contribution >= 4 is 23.1 Å². The van der Waals surface area contributed by atoms with E-state index in [9.17, 15) is 0 Å². The van der Waals surface area contributed by atoms with Crippen LogP contribution < -0.4 is 0 Å². The summed E-state index contributed by atoms with van der Waals surface area (Å²) in [5, 5.41) is 14.5. The highest BCUT2D eigenvalue weighted by atomic mass is 32.2. The molecule has 0 aliphatic rings. The molecule has 92 valence electrons. The zero-order valence-electron chi connectivity index (χ0n) is 9.78. The van der Waals surface area contributed by atoms with Crippen LogP contribution in [0.25, 0.3) is 0 Å². The molecule has 0 bridgehead atoms. The lowest BCUT2D eigenvalue weighted by Crippen LogP contribution is -2.15. The third-order valence-electron chi connectivity index (χ3n) is 2.06. The predicted octanol–water partition coefficient (Wildman–Crippen LogP) is 1.23. The van der Waals surface area contributed by atoms with E-state index in [0.29, 0.717) is 0 Å². The lowest BCUT2D eigenvalue weighted by atomic mass is 10.4. The zero-order valence-corrected chi connectivity index (χ0v) is 11.4. The summed E-state index contributed by atoms with van der Waals surface area (Å²) >= 11 is 3.10. The Hall–Kier alpha value is -0.990. The molecule has 17 heavy (non-hydrogen) atoms. The fourth-order valence-corrected chi connectivity index (χ4v) is 2.81. The van der Waals surface area contributed by atoms with Crippen LogP contribution in [0.3, 0.4) is 0 Å². The normalized spacial score (nSPS) is 11.2. The van der Waals surface area contributed by atoms with E-state index in [1.54, 1.807) is 17.5 Å². The standard InChI is InChI=1S/C9H14N6S2/c1-14(2)5-3-6-15-8(11-12-13-15)17-9-10-4-7-16-9/h4,7H,3,5-6H2,1-2H3. The maximum absolute atomic E-state index is 4.21. The molecule has 0 saturated heterocycles. The molecule has 6 nitrogen and oxygen atoms in total. The minimum Gasteiger partial charge on any atom is -0.309 e. The Labute approximate surface area is 108 Å². The molecule has 0 N–H and O–H groups in total. The SMILES string of the molecule is CN(C)CCCn1nnnc1Sc1nccs1. The molecule has 0 saturated carbocycles. The summed E-state index contributed by atoms with van der Waals surface area (Å²) in [6.07, 6.45) is 2.82. The molecule has 0 unspecified atom stereocenters. The minimum atomic E-state index is 0.804. The molecule has 0 atom stereocenters. The van der Waals surface area contributed by atoms with Crippen LogP contribution in [0.2, 0.25) is 0 Å². The first-order valence-corrected chi connectivity index (χ1v) is 6.93. The molecule has 0 spiro atoms. The van der Waals surface area contributed by atoms with E-state index >= 15 is 0 Å². The van der Waals surface area contributed by atoms with Gasteiger partial charge in [0.2, 0.25) is 5.16 Å². The van der Waals surface area contributed by atoms with E-state index in [4.69, 9.17) is 0 Å². The van der Waals surface area contributed by atoms with Crippen molar-refractivity contribution in [3.8, 4) is 0 Å². The lowest BCUT2D eigenvalue weighted by molar-refractivity contribution is 0.373. The molecule has 0 amide bonds. The first-order chi connectivity index (χ1) is 8.25. The van der Waals surface area contributed by atoms with Gasteiger partial charge in [-0.1, -0.05) is 0 Å². The molecular weight excluding hydrogens is 256 g/mol. The first-order valence-electron chi connectivity index (χ1n) is 5.24. The maximum Gasteiger partial charge on any atom is 0.216 e. The summed E-state index contributed by atoms with van der Waals surface area (Å²) in [6, 6.07) is 0. The van der Waals surface area contributed by atoms with Crippen molar-refractivity contribution in [3.05, 3.63) is 11.6 Å². The zero-order chi connectivity index (χ0) is 12.1. The van der Waals surface area contributed by atoms with E-state index in [1.807, 2.05) is 10.1 Å². The van der Waals surface area contributed by atoms with Crippen LogP contribution in [0, 0.1) is 0 Å². The molecule has 2 heterocycles. The van der Waals surface area contributed by atoms with Crippen molar-refractivity contribution in [3.63, 3.8) is 0 Å². The first kappa shape index (κ1) is 12.5. The third kappa shape index (κ3) is 3.76. The summed E-state index contributed by atoms with van der Waals surface area (Å²) < 4.78 is 2.80. The smallest absolute Gasteiger partial charge is 0.216 e. The van der Waals surface area contributed by atoms with Crippen molar-refractivity contribution in [2.75, 3.05) is 20.6 Å². The lowest BCUT2D eigenvalue weighted by Gasteiger charge is -2.08. The van der Waals surface area contributed by atoms with E-state index in [0.717, 1.165) is 29.0 Å². The van der Waals surface area contributed by atoms with Crippen LogP contribution in [0.15, 0.2) is 21.1 Å². The van der Waals surface area contributed by atoms with Crippen LogP contribution in [-0.2, 0) is 6.54 Å². The Kier molecular flexibility index (Phi) is 4.46. The number of aromatic nitrogens is 5. The van der Waals surface area contributed by atoms with Crippen LogP contribution >= 0.6 is 23.1 Å². The van der Waals surface area contributed by atoms with Crippen LogP contribution in [0.5, 0.6) is 0 Å². The van der Waals surface area contributed by atoms with Gasteiger partial charge in [0.15, 0.2) is 4.34 Å². The molecule has 0 aliphatic heterocycles. The molecule has 2 aromatic heterocycles. The Balaban J connectivity index is 1.92. The molecule has 2 rings (SSSR count). The summed E-state index contributed by atoms with van der Waals surface area (Å²) in [4.78, 5) is 6.36. The number of rotatable bonds is 6. The number of nitrogens with zero attached hydrogens (tertiary/aromatic N) is 6. The van der Waals surface area contributed by atoms with E-state index < -0.39 is 0 Å². The topological polar surface area (TPSA) is 59.7 Å². The molecule has 2 aromatic rings. The average Bonchev–Trinajstić information content (AvgIpc) is 2.91. The Morgan fingerprint density at radius 1 is 1.47 bits per heavy atom. The molecule has 0 aromatic carbocycles. The van der Waals surface area contributed by atoms with Gasteiger partial charge in [0.1, 0.15) is 0 Å². The number of aryl methyl sites for hydroxylation is 1. The third-order valence-corrected chi connectivity index (χ3v) is 3.92. The van der Waals surface area contributed by atoms with Crippen molar-refractivity contribution in [1.82, 2.24) is 30.1 Å². The van der Waals surface area contributed by atoms with E-state index in [1.165, 1.54) is 11.8 Å². The molecule has 0 radical (unpaired) electrons. The molecule has 0 aliphatic carbocycles. The number of tetrazole rings is 1. The second kappa shape index (κ2) is 6.08. The monoisotopic (exact) mass is 270 g/mol. The van der Waals surface area contributed by atoms with Crippen LogP contribution in [0.4, 0.5) is 0 Å². The van der Waals surface area contributed by atoms with Crippen molar-refractivity contribution in [1.29, 1.82) is 0 Å². The van der Waals surface area contributed by atoms with Crippen molar-refractivity contribution in [2.45, 2.75) is 22.5 Å². The Morgan fingerprint density at radius 3 is 3.06 bits per heavy atom. The average molecular weight is 270 g/mol. The predicted molar refractivity (Wildman–Crippen MR) is 67.2 cm³/mol. The number of hydrogen-bond donors (Lipinski definition) is 0.